The van der Waals surface area contributed by atoms with Crippen molar-refractivity contribution in [2.75, 3.05) is 6.61 Å². The molecule has 4 nitrogen and oxygen atoms in total. The molecule has 0 saturated heterocycles. The minimum absolute atomic E-state index is 0. The SMILES string of the molecule is O=S(=O)(O)OCCCc1ccccc1.[NaH]. The normalized spacial score (nSPS) is 10.7. The summed E-state index contributed by atoms with van der Waals surface area (Å²) >= 11 is 0. The number of aryl methyl sites for hydroxylation is 1. The quantitative estimate of drug-likeness (QED) is 0.469. The first-order valence-corrected chi connectivity index (χ1v) is 5.60. The summed E-state index contributed by atoms with van der Waals surface area (Å²) < 4.78 is 32.8. The summed E-state index contributed by atoms with van der Waals surface area (Å²) in [6.07, 6.45) is 1.29. The van der Waals surface area contributed by atoms with Crippen LogP contribution in [0.25, 0.3) is 0 Å². The van der Waals surface area contributed by atoms with E-state index in [0.29, 0.717) is 6.42 Å². The summed E-state index contributed by atoms with van der Waals surface area (Å²) in [5.41, 5.74) is 1.12. The fourth-order valence-corrected chi connectivity index (χ4v) is 1.41. The van der Waals surface area contributed by atoms with Crippen LogP contribution in [0.4, 0.5) is 0 Å². The van der Waals surface area contributed by atoms with E-state index in [0.717, 1.165) is 12.0 Å². The summed E-state index contributed by atoms with van der Waals surface area (Å²) in [4.78, 5) is 0. The van der Waals surface area contributed by atoms with Crippen LogP contribution in [0.1, 0.15) is 12.0 Å². The fourth-order valence-electron chi connectivity index (χ4n) is 1.09. The predicted octanol–water partition coefficient (Wildman–Crippen LogP) is 0.790. The zero-order valence-electron chi connectivity index (χ0n) is 7.59. The van der Waals surface area contributed by atoms with Crippen molar-refractivity contribution < 1.29 is 17.2 Å². The van der Waals surface area contributed by atoms with Gasteiger partial charge in [0.25, 0.3) is 0 Å². The molecule has 6 heteroatoms. The second-order valence-corrected chi connectivity index (χ2v) is 3.93. The van der Waals surface area contributed by atoms with Crippen LogP contribution in [-0.2, 0) is 21.0 Å². The fraction of sp³-hybridized carbons (Fsp3) is 0.333. The molecule has 80 valence electrons. The second kappa shape index (κ2) is 7.38. The Balaban J connectivity index is 0.00000196. The van der Waals surface area contributed by atoms with Crippen LogP contribution in [0.5, 0.6) is 0 Å². The average Bonchev–Trinajstić information content (AvgIpc) is 2.13. The van der Waals surface area contributed by atoms with E-state index in [1.165, 1.54) is 0 Å². The van der Waals surface area contributed by atoms with Gasteiger partial charge in [-0.3, -0.25) is 4.55 Å². The first-order valence-electron chi connectivity index (χ1n) is 4.24. The van der Waals surface area contributed by atoms with Gasteiger partial charge in [0, 0.05) is 0 Å². The molecule has 1 aromatic carbocycles. The van der Waals surface area contributed by atoms with E-state index >= 15 is 0 Å². The number of hydrogen-bond acceptors (Lipinski definition) is 3. The van der Waals surface area contributed by atoms with Gasteiger partial charge in [-0.25, -0.2) is 4.18 Å². The number of benzene rings is 1. The second-order valence-electron chi connectivity index (χ2n) is 2.84. The first kappa shape index (κ1) is 15.1. The molecule has 1 rings (SSSR count). The van der Waals surface area contributed by atoms with E-state index in [1.54, 1.807) is 0 Å². The van der Waals surface area contributed by atoms with Crippen molar-refractivity contribution in [1.29, 1.82) is 0 Å². The molecule has 0 aromatic heterocycles. The maximum absolute atomic E-state index is 10.2. The standard InChI is InChI=1S/C9H12O4S.Na.H/c10-14(11,12)13-8-4-7-9-5-2-1-3-6-9;;/h1-3,5-6H,4,7-8H2,(H,10,11,12);;. The van der Waals surface area contributed by atoms with Crippen molar-refractivity contribution >= 4 is 40.0 Å². The third-order valence-electron chi connectivity index (χ3n) is 1.68. The minimum atomic E-state index is -4.28. The third-order valence-corrected chi connectivity index (χ3v) is 2.15. The Morgan fingerprint density at radius 2 is 1.80 bits per heavy atom. The molecule has 0 atom stereocenters. The molecule has 1 N–H and O–H groups in total. The van der Waals surface area contributed by atoms with Crippen LogP contribution in [0.15, 0.2) is 30.3 Å². The topological polar surface area (TPSA) is 63.6 Å². The molecule has 0 radical (unpaired) electrons. The van der Waals surface area contributed by atoms with E-state index in [1.807, 2.05) is 30.3 Å². The van der Waals surface area contributed by atoms with E-state index < -0.39 is 10.4 Å². The average molecular weight is 240 g/mol. The van der Waals surface area contributed by atoms with Crippen molar-refractivity contribution in [1.82, 2.24) is 0 Å². The molecule has 0 spiro atoms. The van der Waals surface area contributed by atoms with Gasteiger partial charge in [-0.1, -0.05) is 30.3 Å². The van der Waals surface area contributed by atoms with Crippen LogP contribution < -0.4 is 0 Å². The molecule has 0 aliphatic heterocycles. The van der Waals surface area contributed by atoms with Gasteiger partial charge in [0.2, 0.25) is 0 Å². The Morgan fingerprint density at radius 1 is 1.20 bits per heavy atom. The van der Waals surface area contributed by atoms with Gasteiger partial charge in [-0.05, 0) is 18.4 Å². The molecular weight excluding hydrogens is 227 g/mol. The molecule has 0 unspecified atom stereocenters. The third kappa shape index (κ3) is 7.96. The molecule has 0 amide bonds. The van der Waals surface area contributed by atoms with E-state index in [9.17, 15) is 8.42 Å². The maximum atomic E-state index is 10.2. The Labute approximate surface area is 112 Å². The van der Waals surface area contributed by atoms with Crippen molar-refractivity contribution in [2.45, 2.75) is 12.8 Å². The number of hydrogen-bond donors (Lipinski definition) is 1. The van der Waals surface area contributed by atoms with Gasteiger partial charge in [-0.15, -0.1) is 0 Å². The Kier molecular flexibility index (Phi) is 7.42. The molecule has 0 aliphatic rings. The monoisotopic (exact) mass is 240 g/mol. The molecule has 1 aromatic rings. The van der Waals surface area contributed by atoms with E-state index in [4.69, 9.17) is 4.55 Å². The molecule has 0 aliphatic carbocycles. The van der Waals surface area contributed by atoms with Crippen molar-refractivity contribution in [3.8, 4) is 0 Å². The van der Waals surface area contributed by atoms with E-state index in [2.05, 4.69) is 4.18 Å². The Morgan fingerprint density at radius 3 is 2.33 bits per heavy atom. The molecule has 0 saturated carbocycles. The van der Waals surface area contributed by atoms with Crippen LogP contribution in [-0.4, -0.2) is 49.1 Å². The summed E-state index contributed by atoms with van der Waals surface area (Å²) in [6.45, 7) is 0.00767. The zero-order valence-corrected chi connectivity index (χ0v) is 8.40. The summed E-state index contributed by atoms with van der Waals surface area (Å²) in [5.74, 6) is 0. The Hall–Kier alpha value is 0.0900. The van der Waals surface area contributed by atoms with Crippen molar-refractivity contribution in [2.24, 2.45) is 0 Å². The van der Waals surface area contributed by atoms with Crippen LogP contribution in [0.2, 0.25) is 0 Å². The van der Waals surface area contributed by atoms with Gasteiger partial charge in [0.1, 0.15) is 0 Å². The first-order chi connectivity index (χ1) is 6.58. The van der Waals surface area contributed by atoms with E-state index in [-0.39, 0.29) is 36.2 Å². The summed E-state index contributed by atoms with van der Waals surface area (Å²) in [6, 6.07) is 9.65. The van der Waals surface area contributed by atoms with Crippen LogP contribution >= 0.6 is 0 Å². The molecule has 15 heavy (non-hydrogen) atoms. The van der Waals surface area contributed by atoms with Gasteiger partial charge in [-0.2, -0.15) is 8.42 Å². The molecule has 0 heterocycles. The number of rotatable bonds is 5. The van der Waals surface area contributed by atoms with Gasteiger partial charge >= 0.3 is 40.0 Å². The predicted molar refractivity (Wildman–Crippen MR) is 59.4 cm³/mol. The van der Waals surface area contributed by atoms with Gasteiger partial charge < -0.3 is 0 Å². The Bertz CT molecular complexity index is 363. The van der Waals surface area contributed by atoms with Crippen LogP contribution in [0.3, 0.4) is 0 Å². The summed E-state index contributed by atoms with van der Waals surface area (Å²) in [7, 11) is -4.28. The van der Waals surface area contributed by atoms with Crippen molar-refractivity contribution in [3.63, 3.8) is 0 Å². The van der Waals surface area contributed by atoms with Crippen molar-refractivity contribution in [3.05, 3.63) is 35.9 Å². The molecule has 0 fully saturated rings. The van der Waals surface area contributed by atoms with Gasteiger partial charge in [0.05, 0.1) is 6.61 Å². The van der Waals surface area contributed by atoms with Crippen LogP contribution in [0, 0.1) is 0 Å². The molecular formula is C9H13NaO4S. The van der Waals surface area contributed by atoms with Gasteiger partial charge in [0.15, 0.2) is 0 Å². The summed E-state index contributed by atoms with van der Waals surface area (Å²) in [5, 5.41) is 0. The zero-order chi connectivity index (χ0) is 10.4. The molecule has 0 bridgehead atoms.